The lowest BCUT2D eigenvalue weighted by Crippen LogP contribution is -2.14. The Morgan fingerprint density at radius 3 is 2.89 bits per heavy atom. The first kappa shape index (κ1) is 7.52. The topological polar surface area (TPSA) is 18.5 Å². The van der Waals surface area contributed by atoms with E-state index in [0.717, 1.165) is 12.8 Å². The molecule has 0 aromatic heterocycles. The molecule has 0 saturated carbocycles. The van der Waals surface area contributed by atoms with Crippen molar-refractivity contribution in [1.29, 1.82) is 0 Å². The van der Waals surface area contributed by atoms with Gasteiger partial charge in [-0.2, -0.15) is 0 Å². The van der Waals surface area contributed by atoms with E-state index in [0.29, 0.717) is 6.61 Å². The number of hydrogen-bond acceptors (Lipinski definition) is 2. The molecule has 50 valence electrons. The van der Waals surface area contributed by atoms with Crippen molar-refractivity contribution in [2.45, 2.75) is 24.9 Å². The van der Waals surface area contributed by atoms with Gasteiger partial charge in [0.2, 0.25) is 0 Å². The van der Waals surface area contributed by atoms with E-state index in [9.17, 15) is 0 Å². The van der Waals surface area contributed by atoms with Crippen molar-refractivity contribution in [3.05, 3.63) is 0 Å². The molecule has 4 heteroatoms. The summed E-state index contributed by atoms with van der Waals surface area (Å²) in [6.45, 7) is 0.637. The van der Waals surface area contributed by atoms with Gasteiger partial charge in [-0.05, 0) is 12.8 Å². The van der Waals surface area contributed by atoms with Gasteiger partial charge in [0.25, 0.3) is 0 Å². The fourth-order valence-corrected chi connectivity index (χ4v) is 1.18. The highest BCUT2D eigenvalue weighted by molar-refractivity contribution is 7.09. The highest BCUT2D eigenvalue weighted by atomic mass is 31.0. The molecule has 0 aromatic rings. The molecule has 1 rings (SSSR count). The lowest BCUT2D eigenvalue weighted by atomic mass is 9.97. The van der Waals surface area contributed by atoms with Crippen molar-refractivity contribution in [2.24, 2.45) is 0 Å². The second-order valence-corrected chi connectivity index (χ2v) is 2.54. The molecule has 1 aliphatic rings. The smallest absolute Gasteiger partial charge is 0.109 e. The highest BCUT2D eigenvalue weighted by Gasteiger charge is 2.20. The Labute approximate surface area is 59.0 Å². The van der Waals surface area contributed by atoms with Crippen LogP contribution in [0.1, 0.15) is 12.8 Å². The van der Waals surface area contributed by atoms with Crippen molar-refractivity contribution < 1.29 is 9.26 Å². The van der Waals surface area contributed by atoms with E-state index in [1.165, 1.54) is 0 Å². The third-order valence-electron chi connectivity index (χ3n) is 1.42. The van der Waals surface area contributed by atoms with Crippen LogP contribution in [0.3, 0.4) is 0 Å². The van der Waals surface area contributed by atoms with Gasteiger partial charge in [0, 0.05) is 15.5 Å². The summed E-state index contributed by atoms with van der Waals surface area (Å²) in [5.41, 5.74) is 0. The first-order chi connectivity index (χ1) is 4.33. The Morgan fingerprint density at radius 2 is 2.44 bits per heavy atom. The van der Waals surface area contributed by atoms with Crippen molar-refractivity contribution in [1.82, 2.24) is 0 Å². The fourth-order valence-electron chi connectivity index (χ4n) is 0.963. The summed E-state index contributed by atoms with van der Waals surface area (Å²) in [5, 5.41) is 0. The van der Waals surface area contributed by atoms with Crippen molar-refractivity contribution >= 4 is 17.3 Å². The normalized spacial score (nSPS) is 35.2. The molecule has 1 fully saturated rings. The zero-order valence-corrected chi connectivity index (χ0v) is 6.40. The van der Waals surface area contributed by atoms with Crippen molar-refractivity contribution in [3.8, 4) is 0 Å². The zero-order valence-electron chi connectivity index (χ0n) is 5.25. The number of hydrogen-bond donors (Lipinski definition) is 0. The van der Waals surface area contributed by atoms with E-state index in [-0.39, 0.29) is 12.1 Å². The molecule has 0 bridgehead atoms. The maximum absolute atomic E-state index is 5.47. The van der Waals surface area contributed by atoms with Crippen LogP contribution < -0.4 is 0 Å². The van der Waals surface area contributed by atoms with Crippen LogP contribution in [0.2, 0.25) is 0 Å². The van der Waals surface area contributed by atoms with E-state index in [4.69, 9.17) is 17.1 Å². The molecule has 0 N–H and O–H groups in total. The molecule has 0 amide bonds. The zero-order chi connectivity index (χ0) is 6.69. The Kier molecular flexibility index (Phi) is 2.97. The molecule has 1 heterocycles. The van der Waals surface area contributed by atoms with Crippen LogP contribution >= 0.6 is 9.47 Å². The third-order valence-corrected chi connectivity index (χ3v) is 1.61. The quantitative estimate of drug-likeness (QED) is 0.414. The lowest BCUT2D eigenvalue weighted by molar-refractivity contribution is 0.0567. The minimum absolute atomic E-state index is 0.0600. The summed E-state index contributed by atoms with van der Waals surface area (Å²) in [4.78, 5) is 0. The molecule has 0 spiro atoms. The summed E-state index contributed by atoms with van der Waals surface area (Å²) in [7, 11) is 7.67. The lowest BCUT2D eigenvalue weighted by Gasteiger charge is -2.08. The molecule has 0 aliphatic carbocycles. The third kappa shape index (κ3) is 2.25. The summed E-state index contributed by atoms with van der Waals surface area (Å²) in [6, 6.07) is -0.0600. The van der Waals surface area contributed by atoms with Crippen LogP contribution in [-0.4, -0.2) is 26.6 Å². The summed E-state index contributed by atoms with van der Waals surface area (Å²) >= 11 is 0. The van der Waals surface area contributed by atoms with Crippen molar-refractivity contribution in [3.63, 3.8) is 0 Å². The van der Waals surface area contributed by atoms with Gasteiger partial charge in [-0.15, -0.1) is 0 Å². The first-order valence-electron chi connectivity index (χ1n) is 3.05. The van der Waals surface area contributed by atoms with E-state index in [1.807, 2.05) is 0 Å². The Bertz CT molecular complexity index is 89.0. The molecule has 1 saturated heterocycles. The van der Waals surface area contributed by atoms with Crippen LogP contribution in [-0.2, 0) is 9.26 Å². The van der Waals surface area contributed by atoms with Crippen LogP contribution in [0.5, 0.6) is 0 Å². The van der Waals surface area contributed by atoms with Gasteiger partial charge in [0.05, 0.1) is 12.7 Å². The van der Waals surface area contributed by atoms with Gasteiger partial charge in [-0.25, -0.2) is 0 Å². The largest absolute Gasteiger partial charge is 0.382 e. The Morgan fingerprint density at radius 1 is 1.67 bits per heavy atom. The molecule has 1 aliphatic heterocycles. The standard InChI is InChI=1S/C5H10BO2P/c6-5-2-1-4(8-5)3-7-9/h4-5H,1-3,9H2. The van der Waals surface area contributed by atoms with Crippen LogP contribution in [0.15, 0.2) is 0 Å². The summed E-state index contributed by atoms with van der Waals surface area (Å²) in [5.74, 6) is 0. The Balaban J connectivity index is 2.14. The summed E-state index contributed by atoms with van der Waals surface area (Å²) < 4.78 is 10.1. The van der Waals surface area contributed by atoms with Gasteiger partial charge in [0.15, 0.2) is 0 Å². The molecule has 0 aromatic carbocycles. The molecule has 2 nitrogen and oxygen atoms in total. The highest BCUT2D eigenvalue weighted by Crippen LogP contribution is 2.17. The average molecular weight is 144 g/mol. The predicted molar refractivity (Wildman–Crippen MR) is 39.3 cm³/mol. The van der Waals surface area contributed by atoms with E-state index < -0.39 is 0 Å². The van der Waals surface area contributed by atoms with E-state index in [1.54, 1.807) is 0 Å². The maximum Gasteiger partial charge on any atom is 0.109 e. The van der Waals surface area contributed by atoms with Crippen LogP contribution in [0, 0.1) is 0 Å². The second kappa shape index (κ2) is 3.55. The van der Waals surface area contributed by atoms with Crippen molar-refractivity contribution in [2.75, 3.05) is 6.61 Å². The molecule has 2 radical (unpaired) electrons. The minimum atomic E-state index is -0.0600. The van der Waals surface area contributed by atoms with Gasteiger partial charge in [-0.3, -0.25) is 0 Å². The van der Waals surface area contributed by atoms with E-state index in [2.05, 4.69) is 9.47 Å². The SMILES string of the molecule is [B]C1CCC(COP)O1. The van der Waals surface area contributed by atoms with Crippen LogP contribution in [0.25, 0.3) is 0 Å². The number of rotatable bonds is 2. The van der Waals surface area contributed by atoms with Crippen LogP contribution in [0.4, 0.5) is 0 Å². The number of ether oxygens (including phenoxy) is 1. The first-order valence-corrected chi connectivity index (χ1v) is 3.53. The van der Waals surface area contributed by atoms with Gasteiger partial charge in [0.1, 0.15) is 7.85 Å². The van der Waals surface area contributed by atoms with Gasteiger partial charge in [-0.1, -0.05) is 0 Å². The maximum atomic E-state index is 5.47. The Hall–Kier alpha value is 0.415. The minimum Gasteiger partial charge on any atom is -0.382 e. The fraction of sp³-hybridized carbons (Fsp3) is 1.00. The van der Waals surface area contributed by atoms with Gasteiger partial charge < -0.3 is 9.26 Å². The molecule has 3 atom stereocenters. The molecular weight excluding hydrogens is 134 g/mol. The predicted octanol–water partition coefficient (Wildman–Crippen LogP) is 0.467. The van der Waals surface area contributed by atoms with E-state index >= 15 is 0 Å². The molecule has 3 unspecified atom stereocenters. The summed E-state index contributed by atoms with van der Waals surface area (Å²) in [6.07, 6.45) is 2.20. The molecule has 9 heavy (non-hydrogen) atoms. The monoisotopic (exact) mass is 144 g/mol. The second-order valence-electron chi connectivity index (χ2n) is 2.21. The van der Waals surface area contributed by atoms with Gasteiger partial charge >= 0.3 is 0 Å². The molecular formula is C5H10BO2P. The average Bonchev–Trinajstić information content (AvgIpc) is 2.17.